The van der Waals surface area contributed by atoms with Crippen LogP contribution in [-0.4, -0.2) is 48.2 Å². The second-order valence-corrected chi connectivity index (χ2v) is 7.46. The molecular formula is C24H23N5O2. The minimum Gasteiger partial charge on any atom is -0.331 e. The van der Waals surface area contributed by atoms with Gasteiger partial charge in [0.05, 0.1) is 11.9 Å². The van der Waals surface area contributed by atoms with E-state index in [2.05, 4.69) is 20.6 Å². The lowest BCUT2D eigenvalue weighted by Crippen LogP contribution is -2.27. The highest BCUT2D eigenvalue weighted by Gasteiger charge is 2.21. The van der Waals surface area contributed by atoms with Crippen LogP contribution in [0.4, 0.5) is 16.2 Å². The van der Waals surface area contributed by atoms with E-state index in [0.717, 1.165) is 34.4 Å². The van der Waals surface area contributed by atoms with Crippen LogP contribution < -0.4 is 10.6 Å². The van der Waals surface area contributed by atoms with Crippen molar-refractivity contribution in [3.63, 3.8) is 0 Å². The van der Waals surface area contributed by atoms with Gasteiger partial charge in [-0.3, -0.25) is 14.8 Å². The Bertz CT molecular complexity index is 1160. The Balaban J connectivity index is 1.62. The van der Waals surface area contributed by atoms with E-state index in [-0.39, 0.29) is 11.9 Å². The first-order valence-corrected chi connectivity index (χ1v) is 9.99. The van der Waals surface area contributed by atoms with Crippen molar-refractivity contribution < 1.29 is 9.59 Å². The summed E-state index contributed by atoms with van der Waals surface area (Å²) in [5.74, 6) is -0.227. The van der Waals surface area contributed by atoms with E-state index in [1.807, 2.05) is 54.6 Å². The van der Waals surface area contributed by atoms with E-state index < -0.39 is 0 Å². The van der Waals surface area contributed by atoms with E-state index in [9.17, 15) is 9.59 Å². The van der Waals surface area contributed by atoms with Crippen molar-refractivity contribution in [1.82, 2.24) is 9.88 Å². The van der Waals surface area contributed by atoms with Crippen molar-refractivity contribution in [2.45, 2.75) is 6.42 Å². The predicted octanol–water partition coefficient (Wildman–Crippen LogP) is 3.83. The van der Waals surface area contributed by atoms with E-state index >= 15 is 0 Å². The van der Waals surface area contributed by atoms with Gasteiger partial charge in [0.15, 0.2) is 0 Å². The molecule has 0 atom stereocenters. The molecule has 0 aliphatic carbocycles. The Hall–Kier alpha value is -4.00. The number of urea groups is 1. The van der Waals surface area contributed by atoms with Gasteiger partial charge in [0, 0.05) is 43.7 Å². The van der Waals surface area contributed by atoms with Crippen LogP contribution in [0, 0.1) is 0 Å². The number of amides is 3. The molecule has 0 unspecified atom stereocenters. The molecule has 0 bridgehead atoms. The predicted molar refractivity (Wildman–Crippen MR) is 123 cm³/mol. The summed E-state index contributed by atoms with van der Waals surface area (Å²) in [5, 5.41) is 5.72. The molecule has 0 spiro atoms. The van der Waals surface area contributed by atoms with Crippen LogP contribution in [0.1, 0.15) is 11.1 Å². The largest absolute Gasteiger partial charge is 0.331 e. The molecule has 7 nitrogen and oxygen atoms in total. The Labute approximate surface area is 180 Å². The fourth-order valence-corrected chi connectivity index (χ4v) is 3.38. The number of hydrogen-bond acceptors (Lipinski definition) is 4. The zero-order valence-electron chi connectivity index (χ0n) is 17.4. The van der Waals surface area contributed by atoms with Gasteiger partial charge in [-0.15, -0.1) is 0 Å². The number of benzene rings is 2. The molecule has 3 amide bonds. The number of carbonyl (C=O) groups is 2. The summed E-state index contributed by atoms with van der Waals surface area (Å²) in [5.41, 5.74) is 5.40. The first-order chi connectivity index (χ1) is 15.0. The van der Waals surface area contributed by atoms with Gasteiger partial charge in [-0.05, 0) is 41.8 Å². The molecule has 2 heterocycles. The molecule has 0 radical (unpaired) electrons. The molecule has 156 valence electrons. The maximum Gasteiger partial charge on any atom is 0.321 e. The first-order valence-electron chi connectivity index (χ1n) is 9.99. The van der Waals surface area contributed by atoms with E-state index in [1.165, 1.54) is 4.90 Å². The molecule has 0 saturated carbocycles. The van der Waals surface area contributed by atoms with Gasteiger partial charge >= 0.3 is 6.03 Å². The molecule has 1 aromatic heterocycles. The number of nitrogens with one attached hydrogen (secondary N) is 2. The normalized spacial score (nSPS) is 12.4. The summed E-state index contributed by atoms with van der Waals surface area (Å²) in [6.07, 6.45) is 4.12. The molecule has 1 aliphatic rings. The molecular weight excluding hydrogens is 390 g/mol. The first kappa shape index (κ1) is 20.3. The van der Waals surface area contributed by atoms with Crippen molar-refractivity contribution >= 4 is 29.0 Å². The van der Waals surface area contributed by atoms with Crippen molar-refractivity contribution in [3.05, 3.63) is 78.1 Å². The quantitative estimate of drug-likeness (QED) is 0.682. The maximum absolute atomic E-state index is 12.9. The minimum absolute atomic E-state index is 0.226. The number of nitrogens with zero attached hydrogens (tertiary/aromatic N) is 3. The summed E-state index contributed by atoms with van der Waals surface area (Å²) in [4.78, 5) is 35.1. The summed E-state index contributed by atoms with van der Waals surface area (Å²) in [7, 11) is 3.36. The van der Waals surface area contributed by atoms with Crippen LogP contribution in [0.3, 0.4) is 0 Å². The Kier molecular flexibility index (Phi) is 5.75. The van der Waals surface area contributed by atoms with Gasteiger partial charge in [0.2, 0.25) is 0 Å². The van der Waals surface area contributed by atoms with Crippen LogP contribution in [0.5, 0.6) is 0 Å². The van der Waals surface area contributed by atoms with Crippen LogP contribution >= 0.6 is 0 Å². The molecule has 0 saturated heterocycles. The van der Waals surface area contributed by atoms with E-state index in [1.54, 1.807) is 26.5 Å². The van der Waals surface area contributed by atoms with Gasteiger partial charge in [0.1, 0.15) is 5.71 Å². The molecule has 31 heavy (non-hydrogen) atoms. The molecule has 1 aliphatic heterocycles. The van der Waals surface area contributed by atoms with E-state index in [0.29, 0.717) is 17.9 Å². The summed E-state index contributed by atoms with van der Waals surface area (Å²) in [6, 6.07) is 17.0. The molecule has 7 heteroatoms. The standard InChI is InChI=1S/C24H23N5O2/c1-29(2)24(31)28-20-12-18(14-25-15-20)17-9-8-16-10-11-26-22(21(16)13-17)23(30)27-19-6-4-3-5-7-19/h3-9,12-15H,10-11H2,1-2H3,(H,27,30)(H,28,31). The number of pyridine rings is 1. The Morgan fingerprint density at radius 1 is 0.903 bits per heavy atom. The fraction of sp³-hybridized carbons (Fsp3) is 0.167. The number of anilines is 2. The van der Waals surface area contributed by atoms with Crippen molar-refractivity contribution in [1.29, 1.82) is 0 Å². The number of hydrogen-bond donors (Lipinski definition) is 2. The van der Waals surface area contributed by atoms with Gasteiger partial charge in [-0.25, -0.2) is 4.79 Å². The summed E-state index contributed by atoms with van der Waals surface area (Å²) in [6.45, 7) is 0.581. The van der Waals surface area contributed by atoms with Crippen LogP contribution in [0.2, 0.25) is 0 Å². The number of aliphatic imine (C=N–C) groups is 1. The highest BCUT2D eigenvalue weighted by atomic mass is 16.2. The number of para-hydroxylation sites is 1. The second-order valence-electron chi connectivity index (χ2n) is 7.46. The highest BCUT2D eigenvalue weighted by Crippen LogP contribution is 2.27. The summed E-state index contributed by atoms with van der Waals surface area (Å²) < 4.78 is 0. The molecule has 3 aromatic rings. The van der Waals surface area contributed by atoms with Crippen LogP contribution in [-0.2, 0) is 11.2 Å². The van der Waals surface area contributed by atoms with Crippen LogP contribution in [0.15, 0.2) is 72.0 Å². The van der Waals surface area contributed by atoms with Crippen LogP contribution in [0.25, 0.3) is 11.1 Å². The van der Waals surface area contributed by atoms with Crippen molar-refractivity contribution in [2.24, 2.45) is 4.99 Å². The fourth-order valence-electron chi connectivity index (χ4n) is 3.38. The highest BCUT2D eigenvalue weighted by molar-refractivity contribution is 6.49. The molecule has 2 N–H and O–H groups in total. The van der Waals surface area contributed by atoms with Gasteiger partial charge in [-0.2, -0.15) is 0 Å². The van der Waals surface area contributed by atoms with Gasteiger partial charge in [0.25, 0.3) is 5.91 Å². The lowest BCUT2D eigenvalue weighted by Gasteiger charge is -2.18. The minimum atomic E-state index is -0.227. The van der Waals surface area contributed by atoms with Crippen molar-refractivity contribution in [3.8, 4) is 11.1 Å². The SMILES string of the molecule is CN(C)C(=O)Nc1cncc(-c2ccc3c(c2)C(C(=O)Nc2ccccc2)=NCC3)c1. The number of fused-ring (bicyclic) bond motifs is 1. The van der Waals surface area contributed by atoms with Gasteiger partial charge in [-0.1, -0.05) is 30.3 Å². The lowest BCUT2D eigenvalue weighted by atomic mass is 9.93. The Morgan fingerprint density at radius 3 is 2.48 bits per heavy atom. The summed E-state index contributed by atoms with van der Waals surface area (Å²) >= 11 is 0. The average molecular weight is 413 g/mol. The topological polar surface area (TPSA) is 86.7 Å². The molecule has 4 rings (SSSR count). The average Bonchev–Trinajstić information content (AvgIpc) is 2.79. The van der Waals surface area contributed by atoms with E-state index in [4.69, 9.17) is 0 Å². The number of carbonyl (C=O) groups excluding carboxylic acids is 2. The zero-order valence-corrected chi connectivity index (χ0v) is 17.4. The Morgan fingerprint density at radius 2 is 1.71 bits per heavy atom. The zero-order chi connectivity index (χ0) is 21.8. The third-order valence-electron chi connectivity index (χ3n) is 4.99. The second kappa shape index (κ2) is 8.79. The number of rotatable bonds is 4. The number of aromatic nitrogens is 1. The third kappa shape index (κ3) is 4.61. The smallest absolute Gasteiger partial charge is 0.321 e. The molecule has 0 fully saturated rings. The van der Waals surface area contributed by atoms with Crippen molar-refractivity contribution in [2.75, 3.05) is 31.3 Å². The monoisotopic (exact) mass is 413 g/mol. The van der Waals surface area contributed by atoms with Gasteiger partial charge < -0.3 is 15.5 Å². The molecule has 2 aromatic carbocycles. The third-order valence-corrected chi connectivity index (χ3v) is 4.99. The lowest BCUT2D eigenvalue weighted by molar-refractivity contribution is -0.110. The maximum atomic E-state index is 12.9.